The van der Waals surface area contributed by atoms with Crippen molar-refractivity contribution in [1.29, 1.82) is 0 Å². The van der Waals surface area contributed by atoms with Crippen molar-refractivity contribution in [2.45, 2.75) is 57.6 Å². The molecule has 0 aromatic heterocycles. The van der Waals surface area contributed by atoms with Gasteiger partial charge in [-0.1, -0.05) is 0 Å². The Bertz CT molecular complexity index is 1100. The molecule has 2 atom stereocenters. The van der Waals surface area contributed by atoms with Gasteiger partial charge in [0.05, 0.1) is 38.8 Å². The van der Waals surface area contributed by atoms with E-state index in [0.29, 0.717) is 6.42 Å². The number of hydrazine groups is 2. The maximum atomic E-state index is 13.5. The van der Waals surface area contributed by atoms with Crippen LogP contribution in [0.5, 0.6) is 0 Å². The molecule has 0 spiro atoms. The summed E-state index contributed by atoms with van der Waals surface area (Å²) in [7, 11) is 0. The predicted molar refractivity (Wildman–Crippen MR) is 125 cm³/mol. The third kappa shape index (κ3) is 6.07. The Morgan fingerprint density at radius 1 is 1.05 bits per heavy atom. The Balaban J connectivity index is 1.86. The number of hydrogen-bond acceptors (Lipinski definition) is 9. The van der Waals surface area contributed by atoms with Crippen molar-refractivity contribution in [3.8, 4) is 0 Å². The van der Waals surface area contributed by atoms with E-state index < -0.39 is 68.0 Å². The highest BCUT2D eigenvalue weighted by atomic mass is 16.4. The number of carbonyl (C=O) groups is 6. The van der Waals surface area contributed by atoms with E-state index in [2.05, 4.69) is 10.7 Å². The Morgan fingerprint density at radius 2 is 1.71 bits per heavy atom. The van der Waals surface area contributed by atoms with Crippen LogP contribution in [0.1, 0.15) is 52.7 Å². The molecule has 0 bridgehead atoms. The van der Waals surface area contributed by atoms with Crippen LogP contribution in [-0.4, -0.2) is 96.6 Å². The van der Waals surface area contributed by atoms with Crippen molar-refractivity contribution < 1.29 is 49.2 Å². The minimum absolute atomic E-state index is 0.0361. The topological polar surface area (TPSA) is 217 Å². The van der Waals surface area contributed by atoms with Gasteiger partial charge < -0.3 is 30.5 Å². The fourth-order valence-corrected chi connectivity index (χ4v) is 4.42. The number of aliphatic carboxylic acids is 1. The summed E-state index contributed by atoms with van der Waals surface area (Å²) in [6.07, 6.45) is -0.112. The molecule has 0 aliphatic carbocycles. The van der Waals surface area contributed by atoms with Gasteiger partial charge in [0.25, 0.3) is 5.91 Å². The number of carbonyl (C=O) groups excluding carboxylic acids is 5. The summed E-state index contributed by atoms with van der Waals surface area (Å²) < 4.78 is 0. The molecule has 206 valence electrons. The van der Waals surface area contributed by atoms with Crippen molar-refractivity contribution in [2.75, 3.05) is 13.1 Å². The lowest BCUT2D eigenvalue weighted by Gasteiger charge is -2.42. The van der Waals surface area contributed by atoms with Crippen LogP contribution in [-0.2, 0) is 39.0 Å². The average molecular weight is 536 g/mol. The molecule has 0 radical (unpaired) electrons. The number of aliphatic hydroxyl groups is 3. The molecule has 0 saturated carbocycles. The number of amides is 5. The zero-order valence-electron chi connectivity index (χ0n) is 20.3. The lowest BCUT2D eigenvalue weighted by atomic mass is 9.98. The normalized spacial score (nSPS) is 18.4. The van der Waals surface area contributed by atoms with Crippen LogP contribution in [0.25, 0.3) is 0 Å². The second-order valence-electron chi connectivity index (χ2n) is 8.74. The quantitative estimate of drug-likeness (QED) is 0.181. The molecular weight excluding hydrogens is 506 g/mol. The standard InChI is InChI=1S/C23H29N5O10/c29-9-14-6-13(7-15(10-30)17(14)12-32)21(36)25-26-5-3-19(33)27-4-1-2-18(28(27)23(26)38)22(37)24-16(11-31)8-20(34)35/h6-7,11,16,18,29-30,32H,1-5,8-10,12H2,(H,24,37)(H,25,36)(H,34,35). The highest BCUT2D eigenvalue weighted by Crippen LogP contribution is 2.24. The first kappa shape index (κ1) is 28.5. The second-order valence-corrected chi connectivity index (χ2v) is 8.74. The minimum atomic E-state index is -1.34. The van der Waals surface area contributed by atoms with Crippen LogP contribution in [0.4, 0.5) is 4.79 Å². The summed E-state index contributed by atoms with van der Waals surface area (Å²) in [6, 6.07) is -0.911. The highest BCUT2D eigenvalue weighted by Gasteiger charge is 2.44. The van der Waals surface area contributed by atoms with Gasteiger partial charge in [0.1, 0.15) is 12.3 Å². The van der Waals surface area contributed by atoms with Crippen molar-refractivity contribution in [1.82, 2.24) is 25.8 Å². The van der Waals surface area contributed by atoms with E-state index in [1.165, 1.54) is 12.1 Å². The molecule has 2 aliphatic rings. The number of aliphatic hydroxyl groups excluding tert-OH is 3. The number of benzene rings is 1. The molecule has 6 N–H and O–H groups in total. The summed E-state index contributed by atoms with van der Waals surface area (Å²) in [6.45, 7) is -1.62. The number of nitrogens with zero attached hydrogens (tertiary/aromatic N) is 3. The van der Waals surface area contributed by atoms with Crippen LogP contribution in [0.3, 0.4) is 0 Å². The lowest BCUT2D eigenvalue weighted by molar-refractivity contribution is -0.155. The van der Waals surface area contributed by atoms with E-state index in [9.17, 15) is 44.1 Å². The Labute approximate surface area is 216 Å². The lowest BCUT2D eigenvalue weighted by Crippen LogP contribution is -2.64. The van der Waals surface area contributed by atoms with Crippen LogP contribution < -0.4 is 10.7 Å². The van der Waals surface area contributed by atoms with E-state index in [1.807, 2.05) is 0 Å². The minimum Gasteiger partial charge on any atom is -0.481 e. The largest absolute Gasteiger partial charge is 0.481 e. The third-order valence-electron chi connectivity index (χ3n) is 6.29. The third-order valence-corrected chi connectivity index (χ3v) is 6.29. The summed E-state index contributed by atoms with van der Waals surface area (Å²) >= 11 is 0. The number of hydrogen-bond donors (Lipinski definition) is 6. The Kier molecular flexibility index (Phi) is 9.33. The van der Waals surface area contributed by atoms with Crippen LogP contribution in [0.15, 0.2) is 12.1 Å². The number of aldehydes is 1. The molecule has 1 aromatic rings. The fraction of sp³-hybridized carbons (Fsp3) is 0.478. The predicted octanol–water partition coefficient (Wildman–Crippen LogP) is -2.00. The van der Waals surface area contributed by atoms with Crippen molar-refractivity contribution >= 4 is 36.0 Å². The van der Waals surface area contributed by atoms with Gasteiger partial charge in [-0.3, -0.25) is 24.6 Å². The number of carboxylic acid groups (broad SMARTS) is 1. The van der Waals surface area contributed by atoms with Crippen molar-refractivity contribution in [3.05, 3.63) is 34.4 Å². The van der Waals surface area contributed by atoms with Gasteiger partial charge in [0.2, 0.25) is 11.8 Å². The SMILES string of the molecule is O=CC(CC(=O)O)NC(=O)C1CCCN2C(=O)CCN(NC(=O)c3cc(CO)c(CO)c(CO)c3)C(=O)N12. The number of rotatable bonds is 10. The molecule has 15 heteroatoms. The smallest absolute Gasteiger partial charge is 0.358 e. The monoisotopic (exact) mass is 535 g/mol. The molecule has 1 aromatic carbocycles. The van der Waals surface area contributed by atoms with Gasteiger partial charge >= 0.3 is 12.0 Å². The number of urea groups is 1. The Morgan fingerprint density at radius 3 is 2.26 bits per heavy atom. The van der Waals surface area contributed by atoms with E-state index in [4.69, 9.17) is 5.11 Å². The van der Waals surface area contributed by atoms with Crippen LogP contribution in [0.2, 0.25) is 0 Å². The molecule has 15 nitrogen and oxygen atoms in total. The van der Waals surface area contributed by atoms with Gasteiger partial charge in [-0.25, -0.2) is 19.8 Å². The van der Waals surface area contributed by atoms with E-state index in [1.54, 1.807) is 0 Å². The van der Waals surface area contributed by atoms with Crippen LogP contribution in [0, 0.1) is 0 Å². The molecule has 38 heavy (non-hydrogen) atoms. The zero-order valence-corrected chi connectivity index (χ0v) is 20.3. The molecule has 2 heterocycles. The summed E-state index contributed by atoms with van der Waals surface area (Å²) in [5.41, 5.74) is 3.02. The van der Waals surface area contributed by atoms with E-state index >= 15 is 0 Å². The first-order valence-electron chi connectivity index (χ1n) is 11.8. The number of fused-ring (bicyclic) bond motifs is 1. The van der Waals surface area contributed by atoms with Crippen molar-refractivity contribution in [3.63, 3.8) is 0 Å². The summed E-state index contributed by atoms with van der Waals surface area (Å²) in [4.78, 5) is 74.4. The molecule has 2 aliphatic heterocycles. The zero-order chi connectivity index (χ0) is 28.0. The summed E-state index contributed by atoms with van der Waals surface area (Å²) in [5, 5.41) is 42.8. The molecule has 2 fully saturated rings. The molecule has 2 saturated heterocycles. The van der Waals surface area contributed by atoms with E-state index in [-0.39, 0.29) is 54.5 Å². The fourth-order valence-electron chi connectivity index (χ4n) is 4.42. The summed E-state index contributed by atoms with van der Waals surface area (Å²) in [5.74, 6) is -3.44. The average Bonchev–Trinajstić information content (AvgIpc) is 3.03. The Hall–Kier alpha value is -4.08. The highest BCUT2D eigenvalue weighted by molar-refractivity contribution is 5.97. The van der Waals surface area contributed by atoms with Gasteiger partial charge in [0, 0.05) is 18.5 Å². The maximum absolute atomic E-state index is 13.5. The molecule has 2 unspecified atom stereocenters. The van der Waals surface area contributed by atoms with Gasteiger partial charge in [-0.2, -0.15) is 0 Å². The number of carboxylic acids is 1. The maximum Gasteiger partial charge on any atom is 0.358 e. The first-order valence-corrected chi connectivity index (χ1v) is 11.8. The van der Waals surface area contributed by atoms with Gasteiger partial charge in [-0.05, 0) is 41.7 Å². The molecule has 5 amide bonds. The van der Waals surface area contributed by atoms with Gasteiger partial charge in [0.15, 0.2) is 0 Å². The molecule has 3 rings (SSSR count). The molecular formula is C23H29N5O10. The second kappa shape index (κ2) is 12.4. The van der Waals surface area contributed by atoms with E-state index in [0.717, 1.165) is 15.0 Å². The van der Waals surface area contributed by atoms with Gasteiger partial charge in [-0.15, -0.1) is 0 Å². The van der Waals surface area contributed by atoms with Crippen LogP contribution >= 0.6 is 0 Å². The van der Waals surface area contributed by atoms with Crippen molar-refractivity contribution in [2.24, 2.45) is 0 Å². The first-order chi connectivity index (χ1) is 18.1. The number of nitrogens with one attached hydrogen (secondary N) is 2.